The van der Waals surface area contributed by atoms with E-state index in [2.05, 4.69) is 5.32 Å². The van der Waals surface area contributed by atoms with Crippen molar-refractivity contribution in [3.05, 3.63) is 29.8 Å². The highest BCUT2D eigenvalue weighted by Crippen LogP contribution is 2.23. The first-order valence-corrected chi connectivity index (χ1v) is 8.30. The van der Waals surface area contributed by atoms with Crippen LogP contribution in [0.5, 0.6) is 5.75 Å². The van der Waals surface area contributed by atoms with Crippen LogP contribution in [-0.4, -0.2) is 55.3 Å². The minimum Gasteiger partial charge on any atom is -0.487 e. The number of halogens is 2. The van der Waals surface area contributed by atoms with E-state index in [9.17, 15) is 13.6 Å². The maximum Gasteiger partial charge on any atom is 0.242 e. The fraction of sp³-hybridized carbons (Fsp3) is 0.588. The van der Waals surface area contributed by atoms with E-state index in [0.717, 1.165) is 6.07 Å². The van der Waals surface area contributed by atoms with Crippen LogP contribution in [0.2, 0.25) is 0 Å². The molecule has 2 aliphatic rings. The number of amides is 1. The molecule has 24 heavy (non-hydrogen) atoms. The topological polar surface area (TPSA) is 50.8 Å². The number of likely N-dealkylation sites (tertiary alicyclic amines) is 1. The summed E-state index contributed by atoms with van der Waals surface area (Å²) in [7, 11) is 0. The van der Waals surface area contributed by atoms with Gasteiger partial charge in [-0.15, -0.1) is 0 Å². The molecule has 0 spiro atoms. The number of morpholine rings is 1. The summed E-state index contributed by atoms with van der Waals surface area (Å²) in [6.07, 6.45) is 0.908. The Balaban J connectivity index is 1.52. The summed E-state index contributed by atoms with van der Waals surface area (Å²) in [6.45, 7) is 4.28. The largest absolute Gasteiger partial charge is 0.487 e. The Morgan fingerprint density at radius 3 is 2.75 bits per heavy atom. The first-order chi connectivity index (χ1) is 11.5. The zero-order chi connectivity index (χ0) is 17.1. The normalized spacial score (nSPS) is 25.5. The molecule has 0 unspecified atom stereocenters. The van der Waals surface area contributed by atoms with Gasteiger partial charge in [0.1, 0.15) is 18.0 Å². The zero-order valence-corrected chi connectivity index (χ0v) is 13.6. The summed E-state index contributed by atoms with van der Waals surface area (Å²) >= 11 is 0. The second kappa shape index (κ2) is 7.44. The van der Waals surface area contributed by atoms with Crippen molar-refractivity contribution in [1.82, 2.24) is 10.2 Å². The molecule has 0 radical (unpaired) electrons. The molecule has 2 fully saturated rings. The Hall–Kier alpha value is -1.73. The summed E-state index contributed by atoms with van der Waals surface area (Å²) in [6, 6.07) is 2.97. The van der Waals surface area contributed by atoms with Gasteiger partial charge in [-0.25, -0.2) is 8.78 Å². The SMILES string of the molecule is C[C@H]1OCCN[C@@H]1C(=O)N1CCC(Oc2ccc(F)cc2F)CC1. The van der Waals surface area contributed by atoms with Crippen molar-refractivity contribution in [2.24, 2.45) is 0 Å². The van der Waals surface area contributed by atoms with Gasteiger partial charge in [-0.05, 0) is 19.1 Å². The van der Waals surface area contributed by atoms with E-state index in [4.69, 9.17) is 9.47 Å². The zero-order valence-electron chi connectivity index (χ0n) is 13.6. The van der Waals surface area contributed by atoms with Gasteiger partial charge in [-0.3, -0.25) is 4.79 Å². The predicted octanol–water partition coefficient (Wildman–Crippen LogP) is 1.71. The molecule has 0 aliphatic carbocycles. The molecule has 1 aromatic rings. The Labute approximate surface area is 139 Å². The molecule has 0 aromatic heterocycles. The number of hydrogen-bond acceptors (Lipinski definition) is 4. The van der Waals surface area contributed by atoms with E-state index >= 15 is 0 Å². The molecule has 1 aromatic carbocycles. The van der Waals surface area contributed by atoms with Gasteiger partial charge in [-0.1, -0.05) is 0 Å². The second-order valence-corrected chi connectivity index (χ2v) is 6.22. The van der Waals surface area contributed by atoms with Gasteiger partial charge in [0.05, 0.1) is 12.7 Å². The van der Waals surface area contributed by atoms with E-state index in [1.165, 1.54) is 12.1 Å². The molecule has 0 saturated carbocycles. The quantitative estimate of drug-likeness (QED) is 0.910. The molecule has 2 aliphatic heterocycles. The molecular formula is C17H22F2N2O3. The van der Waals surface area contributed by atoms with Crippen LogP contribution in [0, 0.1) is 11.6 Å². The van der Waals surface area contributed by atoms with Gasteiger partial charge < -0.3 is 19.7 Å². The Morgan fingerprint density at radius 2 is 2.08 bits per heavy atom. The minimum atomic E-state index is -0.703. The molecule has 1 amide bonds. The van der Waals surface area contributed by atoms with E-state index in [1.807, 2.05) is 6.92 Å². The van der Waals surface area contributed by atoms with E-state index in [1.54, 1.807) is 4.90 Å². The summed E-state index contributed by atoms with van der Waals surface area (Å²) in [5.74, 6) is -1.24. The Morgan fingerprint density at radius 1 is 1.33 bits per heavy atom. The molecular weight excluding hydrogens is 318 g/mol. The molecule has 5 nitrogen and oxygen atoms in total. The summed E-state index contributed by atoms with van der Waals surface area (Å²) in [5.41, 5.74) is 0. The van der Waals surface area contributed by atoms with Gasteiger partial charge in [0.15, 0.2) is 11.6 Å². The van der Waals surface area contributed by atoms with Crippen LogP contribution in [-0.2, 0) is 9.53 Å². The number of carbonyl (C=O) groups is 1. The summed E-state index contributed by atoms with van der Waals surface area (Å²) < 4.78 is 37.7. The van der Waals surface area contributed by atoms with Crippen molar-refractivity contribution in [2.45, 2.75) is 38.0 Å². The lowest BCUT2D eigenvalue weighted by molar-refractivity contribution is -0.141. The maximum atomic E-state index is 13.6. The van der Waals surface area contributed by atoms with Crippen LogP contribution in [0.3, 0.4) is 0 Å². The third-order valence-corrected chi connectivity index (χ3v) is 4.52. The lowest BCUT2D eigenvalue weighted by Crippen LogP contribution is -2.57. The fourth-order valence-electron chi connectivity index (χ4n) is 3.15. The van der Waals surface area contributed by atoms with Crippen LogP contribution in [0.1, 0.15) is 19.8 Å². The van der Waals surface area contributed by atoms with Crippen molar-refractivity contribution >= 4 is 5.91 Å². The van der Waals surface area contributed by atoms with Crippen LogP contribution in [0.25, 0.3) is 0 Å². The summed E-state index contributed by atoms with van der Waals surface area (Å²) in [5, 5.41) is 3.20. The predicted molar refractivity (Wildman–Crippen MR) is 83.8 cm³/mol. The number of nitrogens with zero attached hydrogens (tertiary/aromatic N) is 1. The lowest BCUT2D eigenvalue weighted by Gasteiger charge is -2.37. The van der Waals surface area contributed by atoms with Crippen molar-refractivity contribution in [1.29, 1.82) is 0 Å². The Kier molecular flexibility index (Phi) is 5.30. The highest BCUT2D eigenvalue weighted by atomic mass is 19.1. The average Bonchev–Trinajstić information content (AvgIpc) is 2.58. The molecule has 2 atom stereocenters. The highest BCUT2D eigenvalue weighted by molar-refractivity contribution is 5.82. The average molecular weight is 340 g/mol. The number of nitrogens with one attached hydrogen (secondary N) is 1. The number of benzene rings is 1. The first kappa shape index (κ1) is 17.1. The fourth-order valence-corrected chi connectivity index (χ4v) is 3.15. The number of hydrogen-bond donors (Lipinski definition) is 1. The number of carbonyl (C=O) groups excluding carboxylic acids is 1. The highest BCUT2D eigenvalue weighted by Gasteiger charge is 2.34. The van der Waals surface area contributed by atoms with E-state index in [0.29, 0.717) is 39.1 Å². The summed E-state index contributed by atoms with van der Waals surface area (Å²) in [4.78, 5) is 14.4. The van der Waals surface area contributed by atoms with Crippen LogP contribution >= 0.6 is 0 Å². The third kappa shape index (κ3) is 3.84. The van der Waals surface area contributed by atoms with Crippen molar-refractivity contribution in [3.63, 3.8) is 0 Å². The maximum absolute atomic E-state index is 13.6. The van der Waals surface area contributed by atoms with Gasteiger partial charge in [0, 0.05) is 38.5 Å². The van der Waals surface area contributed by atoms with Gasteiger partial charge >= 0.3 is 0 Å². The van der Waals surface area contributed by atoms with Gasteiger partial charge in [0.2, 0.25) is 5.91 Å². The monoisotopic (exact) mass is 340 g/mol. The van der Waals surface area contributed by atoms with Crippen LogP contribution in [0.15, 0.2) is 18.2 Å². The standard InChI is InChI=1S/C17H22F2N2O3/c1-11-16(20-6-9-23-11)17(22)21-7-4-13(5-8-21)24-15-3-2-12(18)10-14(15)19/h2-3,10-11,13,16,20H,4-9H2,1H3/t11-,16+/m1/s1. The molecule has 7 heteroatoms. The van der Waals surface area contributed by atoms with E-state index in [-0.39, 0.29) is 29.9 Å². The van der Waals surface area contributed by atoms with Crippen molar-refractivity contribution in [2.75, 3.05) is 26.2 Å². The molecule has 2 heterocycles. The lowest BCUT2D eigenvalue weighted by atomic mass is 10.0. The van der Waals surface area contributed by atoms with Crippen molar-refractivity contribution < 1.29 is 23.0 Å². The number of piperidine rings is 1. The van der Waals surface area contributed by atoms with Crippen LogP contribution in [0.4, 0.5) is 8.78 Å². The van der Waals surface area contributed by atoms with E-state index < -0.39 is 11.6 Å². The Bertz CT molecular complexity index is 591. The first-order valence-electron chi connectivity index (χ1n) is 8.30. The number of rotatable bonds is 3. The molecule has 132 valence electrons. The molecule has 2 saturated heterocycles. The smallest absolute Gasteiger partial charge is 0.242 e. The minimum absolute atomic E-state index is 0.0358. The number of ether oxygens (including phenoxy) is 2. The molecule has 3 rings (SSSR count). The van der Waals surface area contributed by atoms with Crippen molar-refractivity contribution in [3.8, 4) is 5.75 Å². The third-order valence-electron chi connectivity index (χ3n) is 4.52. The molecule has 0 bridgehead atoms. The molecule has 1 N–H and O–H groups in total. The van der Waals surface area contributed by atoms with Gasteiger partial charge in [0.25, 0.3) is 0 Å². The van der Waals surface area contributed by atoms with Crippen LogP contribution < -0.4 is 10.1 Å². The van der Waals surface area contributed by atoms with Gasteiger partial charge in [-0.2, -0.15) is 0 Å². The second-order valence-electron chi connectivity index (χ2n) is 6.22.